The number of carbonyl (C=O) groups is 2. The van der Waals surface area contributed by atoms with E-state index in [1.165, 1.54) is 11.0 Å². The van der Waals surface area contributed by atoms with Crippen LogP contribution in [0.4, 0.5) is 27.4 Å². The van der Waals surface area contributed by atoms with Crippen molar-refractivity contribution in [3.05, 3.63) is 48.7 Å². The van der Waals surface area contributed by atoms with E-state index in [9.17, 15) is 14.0 Å². The minimum Gasteiger partial charge on any atom is -0.474 e. The van der Waals surface area contributed by atoms with Gasteiger partial charge in [0.25, 0.3) is 0 Å². The van der Waals surface area contributed by atoms with Gasteiger partial charge in [-0.05, 0) is 36.6 Å². The number of rotatable bonds is 4. The van der Waals surface area contributed by atoms with Gasteiger partial charge in [-0.2, -0.15) is 0 Å². The number of halogens is 1. The van der Waals surface area contributed by atoms with Crippen molar-refractivity contribution >= 4 is 34.8 Å². The molecule has 9 nitrogen and oxygen atoms in total. The maximum atomic E-state index is 14.7. The number of nitrogens with zero attached hydrogens (tertiary/aromatic N) is 5. The Morgan fingerprint density at radius 1 is 0.971 bits per heavy atom. The van der Waals surface area contributed by atoms with Crippen molar-refractivity contribution in [2.75, 3.05) is 28.3 Å². The predicted octanol–water partition coefficient (Wildman–Crippen LogP) is 3.44. The molecule has 0 bridgehead atoms. The van der Waals surface area contributed by atoms with E-state index in [1.54, 1.807) is 35.6 Å². The number of anilines is 4. The number of pyridine rings is 1. The molecule has 0 aliphatic carbocycles. The molecule has 0 spiro atoms. The van der Waals surface area contributed by atoms with Crippen molar-refractivity contribution in [2.45, 2.75) is 31.7 Å². The summed E-state index contributed by atoms with van der Waals surface area (Å²) in [4.78, 5) is 40.5. The Hall–Kier alpha value is -4.08. The maximum absolute atomic E-state index is 14.7. The summed E-state index contributed by atoms with van der Waals surface area (Å²) in [5, 5.41) is 3.09. The topological polar surface area (TPSA) is 101 Å². The lowest BCUT2D eigenvalue weighted by Gasteiger charge is -2.31. The van der Waals surface area contributed by atoms with E-state index in [4.69, 9.17) is 4.74 Å². The Balaban J connectivity index is 1.20. The lowest BCUT2D eigenvalue weighted by Crippen LogP contribution is -2.40. The average molecular weight is 460 g/mol. The van der Waals surface area contributed by atoms with Gasteiger partial charge in [-0.3, -0.25) is 9.59 Å². The van der Waals surface area contributed by atoms with E-state index >= 15 is 0 Å². The van der Waals surface area contributed by atoms with Gasteiger partial charge in [0, 0.05) is 37.3 Å². The Kier molecular flexibility index (Phi) is 4.86. The first-order valence-corrected chi connectivity index (χ1v) is 11.2. The smallest absolute Gasteiger partial charge is 0.238 e. The van der Waals surface area contributed by atoms with Crippen LogP contribution in [0.25, 0.3) is 11.1 Å². The SMILES string of the molecule is O=C1CCCN1c1ccc(-c2cnc(Nc3cnc4c(c3)N3C(=O)CC[C@H]3CO4)nc2)cc1F. The summed E-state index contributed by atoms with van der Waals surface area (Å²) in [6.07, 6.45) is 7.27. The van der Waals surface area contributed by atoms with Gasteiger partial charge < -0.3 is 19.9 Å². The fourth-order valence-corrected chi connectivity index (χ4v) is 4.68. The van der Waals surface area contributed by atoms with E-state index in [2.05, 4.69) is 20.3 Å². The molecule has 5 heterocycles. The summed E-state index contributed by atoms with van der Waals surface area (Å²) in [6.45, 7) is 0.994. The van der Waals surface area contributed by atoms with Crippen molar-refractivity contribution in [1.82, 2.24) is 15.0 Å². The van der Waals surface area contributed by atoms with Crippen molar-refractivity contribution in [2.24, 2.45) is 0 Å². The standard InChI is InChI=1S/C24H21FN6O3/c25-18-8-14(3-5-19(18)30-7-1-2-21(30)32)15-10-27-24(28-11-15)29-16-9-20-23(26-12-16)34-13-17-4-6-22(33)31(17)20/h3,5,8-12,17H,1-2,4,6-7,13H2,(H,27,28,29)/t17-/m0/s1. The maximum Gasteiger partial charge on any atom is 0.238 e. The van der Waals surface area contributed by atoms with Crippen LogP contribution < -0.4 is 19.9 Å². The van der Waals surface area contributed by atoms with Gasteiger partial charge in [0.1, 0.15) is 18.1 Å². The zero-order chi connectivity index (χ0) is 23.2. The number of ether oxygens (including phenoxy) is 1. The van der Waals surface area contributed by atoms with Crippen molar-refractivity contribution in [3.63, 3.8) is 0 Å². The number of fused-ring (bicyclic) bond motifs is 3. The Bertz CT molecular complexity index is 1300. The first-order chi connectivity index (χ1) is 16.6. The Labute approximate surface area is 194 Å². The lowest BCUT2D eigenvalue weighted by atomic mass is 10.1. The van der Waals surface area contributed by atoms with Gasteiger partial charge in [0.15, 0.2) is 0 Å². The van der Waals surface area contributed by atoms with Crippen LogP contribution in [-0.2, 0) is 9.59 Å². The molecular formula is C24H21FN6O3. The second kappa shape index (κ2) is 8.05. The highest BCUT2D eigenvalue weighted by Gasteiger charge is 2.38. The van der Waals surface area contributed by atoms with Gasteiger partial charge in [-0.15, -0.1) is 0 Å². The molecule has 2 amide bonds. The molecular weight excluding hydrogens is 439 g/mol. The molecule has 2 aromatic heterocycles. The number of amides is 2. The van der Waals surface area contributed by atoms with E-state index in [0.29, 0.717) is 66.0 Å². The second-order valence-electron chi connectivity index (χ2n) is 8.55. The number of hydrogen-bond acceptors (Lipinski definition) is 7. The molecule has 0 saturated carbocycles. The van der Waals surface area contributed by atoms with Crippen molar-refractivity contribution in [3.8, 4) is 17.0 Å². The molecule has 2 saturated heterocycles. The highest BCUT2D eigenvalue weighted by molar-refractivity contribution is 5.98. The molecule has 1 N–H and O–H groups in total. The predicted molar refractivity (Wildman–Crippen MR) is 123 cm³/mol. The Morgan fingerprint density at radius 2 is 1.82 bits per heavy atom. The van der Waals surface area contributed by atoms with Crippen molar-refractivity contribution < 1.29 is 18.7 Å². The van der Waals surface area contributed by atoms with Crippen LogP contribution in [0.5, 0.6) is 5.88 Å². The fourth-order valence-electron chi connectivity index (χ4n) is 4.68. The van der Waals surface area contributed by atoms with E-state index in [-0.39, 0.29) is 17.9 Å². The molecule has 6 rings (SSSR count). The van der Waals surface area contributed by atoms with Crippen LogP contribution in [0.15, 0.2) is 42.9 Å². The van der Waals surface area contributed by atoms with Crippen LogP contribution in [0, 0.1) is 5.82 Å². The summed E-state index contributed by atoms with van der Waals surface area (Å²) in [5.74, 6) is 0.340. The number of aromatic nitrogens is 3. The van der Waals surface area contributed by atoms with Crippen LogP contribution in [0.2, 0.25) is 0 Å². The minimum atomic E-state index is -0.452. The molecule has 2 fully saturated rings. The van der Waals surface area contributed by atoms with Gasteiger partial charge in [0.05, 0.1) is 23.6 Å². The zero-order valence-corrected chi connectivity index (χ0v) is 18.2. The number of nitrogens with one attached hydrogen (secondary N) is 1. The van der Waals surface area contributed by atoms with E-state index in [1.807, 2.05) is 6.07 Å². The first-order valence-electron chi connectivity index (χ1n) is 11.2. The summed E-state index contributed by atoms with van der Waals surface area (Å²) in [6, 6.07) is 6.62. The summed E-state index contributed by atoms with van der Waals surface area (Å²) < 4.78 is 20.4. The van der Waals surface area contributed by atoms with Crippen molar-refractivity contribution in [1.29, 1.82) is 0 Å². The number of benzene rings is 1. The third-order valence-electron chi connectivity index (χ3n) is 6.38. The third-order valence-corrected chi connectivity index (χ3v) is 6.38. The van der Waals surface area contributed by atoms with Crippen LogP contribution in [0.3, 0.4) is 0 Å². The average Bonchev–Trinajstić information content (AvgIpc) is 3.45. The number of hydrogen-bond donors (Lipinski definition) is 1. The van der Waals surface area contributed by atoms with Gasteiger partial charge in [-0.25, -0.2) is 19.3 Å². The minimum absolute atomic E-state index is 0.0444. The fraction of sp³-hybridized carbons (Fsp3) is 0.292. The molecule has 34 heavy (non-hydrogen) atoms. The van der Waals surface area contributed by atoms with Crippen LogP contribution >= 0.6 is 0 Å². The first kappa shape index (κ1) is 20.5. The molecule has 1 aromatic carbocycles. The summed E-state index contributed by atoms with van der Waals surface area (Å²) in [5.41, 5.74) is 2.83. The zero-order valence-electron chi connectivity index (χ0n) is 18.2. The molecule has 172 valence electrons. The molecule has 3 aliphatic heterocycles. The lowest BCUT2D eigenvalue weighted by molar-refractivity contribution is -0.118. The molecule has 10 heteroatoms. The molecule has 1 atom stereocenters. The largest absolute Gasteiger partial charge is 0.474 e. The Morgan fingerprint density at radius 3 is 2.59 bits per heavy atom. The quantitative estimate of drug-likeness (QED) is 0.637. The van der Waals surface area contributed by atoms with Gasteiger partial charge in [-0.1, -0.05) is 6.07 Å². The molecule has 0 radical (unpaired) electrons. The van der Waals surface area contributed by atoms with Gasteiger partial charge >= 0.3 is 0 Å². The highest BCUT2D eigenvalue weighted by Crippen LogP contribution is 2.39. The normalized spacial score (nSPS) is 19.1. The third kappa shape index (κ3) is 3.51. The summed E-state index contributed by atoms with van der Waals surface area (Å²) in [7, 11) is 0. The van der Waals surface area contributed by atoms with Gasteiger partial charge in [0.2, 0.25) is 23.6 Å². The van der Waals surface area contributed by atoms with E-state index in [0.717, 1.165) is 12.8 Å². The molecule has 3 aliphatic rings. The monoisotopic (exact) mass is 460 g/mol. The van der Waals surface area contributed by atoms with Crippen LogP contribution in [0.1, 0.15) is 25.7 Å². The summed E-state index contributed by atoms with van der Waals surface area (Å²) >= 11 is 0. The molecule has 0 unspecified atom stereocenters. The highest BCUT2D eigenvalue weighted by atomic mass is 19.1. The van der Waals surface area contributed by atoms with E-state index < -0.39 is 5.82 Å². The molecule has 3 aromatic rings. The second-order valence-corrected chi connectivity index (χ2v) is 8.55. The van der Waals surface area contributed by atoms with Crippen LogP contribution in [-0.4, -0.2) is 46.0 Å². The number of carbonyl (C=O) groups excluding carboxylic acids is 2.